The minimum absolute atomic E-state index is 0.256. The number of H-pyrrole nitrogens is 1. The van der Waals surface area contributed by atoms with Gasteiger partial charge in [-0.3, -0.25) is 9.20 Å². The SMILES string of the molecule is O=c1[nH]c2ccccc2n2cc(-c3ccccc3F)nc12. The molecular weight excluding hydrogens is 269 g/mol. The minimum Gasteiger partial charge on any atom is -0.317 e. The highest BCUT2D eigenvalue weighted by molar-refractivity contribution is 5.78. The van der Waals surface area contributed by atoms with E-state index in [0.29, 0.717) is 16.8 Å². The molecule has 2 aromatic carbocycles. The van der Waals surface area contributed by atoms with Crippen LogP contribution in [0.1, 0.15) is 0 Å². The summed E-state index contributed by atoms with van der Waals surface area (Å²) >= 11 is 0. The van der Waals surface area contributed by atoms with Gasteiger partial charge in [-0.1, -0.05) is 24.3 Å². The van der Waals surface area contributed by atoms with E-state index in [9.17, 15) is 9.18 Å². The van der Waals surface area contributed by atoms with Crippen molar-refractivity contribution in [3.05, 3.63) is 70.9 Å². The van der Waals surface area contributed by atoms with Gasteiger partial charge in [-0.05, 0) is 24.3 Å². The van der Waals surface area contributed by atoms with Gasteiger partial charge >= 0.3 is 0 Å². The quantitative estimate of drug-likeness (QED) is 0.582. The van der Waals surface area contributed by atoms with Crippen LogP contribution in [0.2, 0.25) is 0 Å². The van der Waals surface area contributed by atoms with Crippen molar-refractivity contribution in [3.63, 3.8) is 0 Å². The molecule has 0 atom stereocenters. The van der Waals surface area contributed by atoms with Crippen LogP contribution in [0.15, 0.2) is 59.5 Å². The van der Waals surface area contributed by atoms with E-state index in [1.165, 1.54) is 6.07 Å². The molecule has 4 rings (SSSR count). The molecule has 2 aromatic heterocycles. The van der Waals surface area contributed by atoms with Crippen molar-refractivity contribution in [3.8, 4) is 11.3 Å². The van der Waals surface area contributed by atoms with Crippen LogP contribution in [0.3, 0.4) is 0 Å². The lowest BCUT2D eigenvalue weighted by Gasteiger charge is -2.00. The number of aromatic nitrogens is 3. The molecule has 2 heterocycles. The third-order valence-electron chi connectivity index (χ3n) is 3.47. The Kier molecular flexibility index (Phi) is 2.41. The third-order valence-corrected chi connectivity index (χ3v) is 3.47. The summed E-state index contributed by atoms with van der Waals surface area (Å²) in [6, 6.07) is 13.8. The lowest BCUT2D eigenvalue weighted by Crippen LogP contribution is -2.10. The third kappa shape index (κ3) is 1.74. The van der Waals surface area contributed by atoms with Crippen molar-refractivity contribution in [2.45, 2.75) is 0 Å². The Morgan fingerprint density at radius 1 is 1.05 bits per heavy atom. The van der Waals surface area contributed by atoms with Gasteiger partial charge in [0, 0.05) is 11.8 Å². The van der Waals surface area contributed by atoms with Crippen molar-refractivity contribution >= 4 is 16.7 Å². The van der Waals surface area contributed by atoms with E-state index < -0.39 is 0 Å². The van der Waals surface area contributed by atoms with E-state index in [1.807, 2.05) is 24.3 Å². The number of benzene rings is 2. The molecule has 4 aromatic rings. The summed E-state index contributed by atoms with van der Waals surface area (Å²) in [7, 11) is 0. The Morgan fingerprint density at radius 3 is 2.67 bits per heavy atom. The Hall–Kier alpha value is -2.95. The summed E-state index contributed by atoms with van der Waals surface area (Å²) in [6.45, 7) is 0. The zero-order valence-corrected chi connectivity index (χ0v) is 10.9. The molecule has 5 heteroatoms. The summed E-state index contributed by atoms with van der Waals surface area (Å²) in [5, 5.41) is 0. The van der Waals surface area contributed by atoms with Crippen LogP contribution in [0.5, 0.6) is 0 Å². The van der Waals surface area contributed by atoms with E-state index >= 15 is 0 Å². The Labute approximate surface area is 118 Å². The number of fused-ring (bicyclic) bond motifs is 3. The van der Waals surface area contributed by atoms with Gasteiger partial charge < -0.3 is 4.98 Å². The summed E-state index contributed by atoms with van der Waals surface area (Å²) in [6.07, 6.45) is 1.69. The molecule has 1 N–H and O–H groups in total. The standard InChI is InChI=1S/C16H10FN3O/c17-11-6-2-1-5-10(11)13-9-20-14-8-4-3-7-12(14)19-16(21)15(20)18-13/h1-9H,(H,19,21). The van der Waals surface area contributed by atoms with Gasteiger partial charge in [0.25, 0.3) is 5.56 Å². The van der Waals surface area contributed by atoms with Gasteiger partial charge in [0.05, 0.1) is 16.7 Å². The first-order chi connectivity index (χ1) is 10.2. The average Bonchev–Trinajstić information content (AvgIpc) is 2.94. The highest BCUT2D eigenvalue weighted by atomic mass is 19.1. The highest BCUT2D eigenvalue weighted by Gasteiger charge is 2.12. The number of hydrogen-bond donors (Lipinski definition) is 1. The van der Waals surface area contributed by atoms with Gasteiger partial charge in [-0.2, -0.15) is 0 Å². The second-order valence-electron chi connectivity index (χ2n) is 4.77. The number of hydrogen-bond acceptors (Lipinski definition) is 2. The van der Waals surface area contributed by atoms with Crippen LogP contribution in [0, 0.1) is 5.82 Å². The first-order valence-corrected chi connectivity index (χ1v) is 6.49. The molecule has 0 amide bonds. The molecule has 0 aliphatic carbocycles. The molecule has 0 spiro atoms. The van der Waals surface area contributed by atoms with Crippen molar-refractivity contribution in [2.24, 2.45) is 0 Å². The fraction of sp³-hybridized carbons (Fsp3) is 0. The van der Waals surface area contributed by atoms with Gasteiger partial charge in [-0.25, -0.2) is 9.37 Å². The van der Waals surface area contributed by atoms with Crippen LogP contribution < -0.4 is 5.56 Å². The fourth-order valence-electron chi connectivity index (χ4n) is 2.49. The molecule has 4 nitrogen and oxygen atoms in total. The van der Waals surface area contributed by atoms with Gasteiger partial charge in [0.2, 0.25) is 5.65 Å². The topological polar surface area (TPSA) is 50.2 Å². The lowest BCUT2D eigenvalue weighted by molar-refractivity contribution is 0.631. The maximum absolute atomic E-state index is 13.9. The van der Waals surface area contributed by atoms with E-state index in [2.05, 4.69) is 9.97 Å². The first-order valence-electron chi connectivity index (χ1n) is 6.49. The summed E-state index contributed by atoms with van der Waals surface area (Å²) in [5.41, 5.74) is 2.32. The van der Waals surface area contributed by atoms with Crippen LogP contribution in [-0.4, -0.2) is 14.4 Å². The van der Waals surface area contributed by atoms with Crippen LogP contribution in [-0.2, 0) is 0 Å². The number of aromatic amines is 1. The molecule has 0 aliphatic heterocycles. The number of nitrogens with zero attached hydrogens (tertiary/aromatic N) is 2. The predicted molar refractivity (Wildman–Crippen MR) is 78.7 cm³/mol. The Balaban J connectivity index is 2.11. The van der Waals surface area contributed by atoms with Crippen LogP contribution in [0.25, 0.3) is 27.9 Å². The number of halogens is 1. The summed E-state index contributed by atoms with van der Waals surface area (Å²) < 4.78 is 15.6. The molecule has 21 heavy (non-hydrogen) atoms. The van der Waals surface area contributed by atoms with E-state index in [0.717, 1.165) is 5.52 Å². The zero-order valence-electron chi connectivity index (χ0n) is 10.9. The maximum Gasteiger partial charge on any atom is 0.292 e. The predicted octanol–water partition coefficient (Wildman–Crippen LogP) is 2.98. The van der Waals surface area contributed by atoms with Crippen molar-refractivity contribution in [1.82, 2.24) is 14.4 Å². The Bertz CT molecular complexity index is 1030. The average molecular weight is 279 g/mol. The normalized spacial score (nSPS) is 11.3. The van der Waals surface area contributed by atoms with E-state index in [-0.39, 0.29) is 17.0 Å². The number of rotatable bonds is 1. The largest absolute Gasteiger partial charge is 0.317 e. The maximum atomic E-state index is 13.9. The minimum atomic E-state index is -0.360. The fourth-order valence-corrected chi connectivity index (χ4v) is 2.49. The molecular formula is C16H10FN3O. The molecule has 0 radical (unpaired) electrons. The summed E-state index contributed by atoms with van der Waals surface area (Å²) in [5.74, 6) is -0.360. The molecule has 0 unspecified atom stereocenters. The smallest absolute Gasteiger partial charge is 0.292 e. The van der Waals surface area contributed by atoms with Crippen LogP contribution >= 0.6 is 0 Å². The summed E-state index contributed by atoms with van der Waals surface area (Å²) in [4.78, 5) is 19.1. The molecule has 0 saturated heterocycles. The van der Waals surface area contributed by atoms with Crippen LogP contribution in [0.4, 0.5) is 4.39 Å². The second-order valence-corrected chi connectivity index (χ2v) is 4.77. The van der Waals surface area contributed by atoms with Gasteiger partial charge in [0.1, 0.15) is 5.82 Å². The molecule has 0 bridgehead atoms. The molecule has 0 saturated carbocycles. The number of imidazole rings is 1. The monoisotopic (exact) mass is 279 g/mol. The van der Waals surface area contributed by atoms with Crippen molar-refractivity contribution < 1.29 is 4.39 Å². The Morgan fingerprint density at radius 2 is 1.81 bits per heavy atom. The van der Waals surface area contributed by atoms with E-state index in [4.69, 9.17) is 0 Å². The van der Waals surface area contributed by atoms with Crippen molar-refractivity contribution in [1.29, 1.82) is 0 Å². The number of para-hydroxylation sites is 2. The molecule has 0 fully saturated rings. The van der Waals surface area contributed by atoms with Gasteiger partial charge in [0.15, 0.2) is 0 Å². The second kappa shape index (κ2) is 4.28. The zero-order chi connectivity index (χ0) is 14.4. The lowest BCUT2D eigenvalue weighted by atomic mass is 10.1. The van der Waals surface area contributed by atoms with E-state index in [1.54, 1.807) is 28.8 Å². The van der Waals surface area contributed by atoms with Gasteiger partial charge in [-0.15, -0.1) is 0 Å². The molecule has 102 valence electrons. The van der Waals surface area contributed by atoms with Crippen molar-refractivity contribution in [2.75, 3.05) is 0 Å². The highest BCUT2D eigenvalue weighted by Crippen LogP contribution is 2.22. The molecule has 0 aliphatic rings. The first kappa shape index (κ1) is 11.8. The number of nitrogens with one attached hydrogen (secondary N) is 1.